The van der Waals surface area contributed by atoms with Crippen LogP contribution in [0.4, 0.5) is 0 Å². The van der Waals surface area contributed by atoms with Crippen molar-refractivity contribution in [2.75, 3.05) is 6.54 Å². The highest BCUT2D eigenvalue weighted by molar-refractivity contribution is 6.36. The fourth-order valence-corrected chi connectivity index (χ4v) is 2.34. The van der Waals surface area contributed by atoms with E-state index in [9.17, 15) is 9.59 Å². The summed E-state index contributed by atoms with van der Waals surface area (Å²) >= 11 is 0. The van der Waals surface area contributed by atoms with Crippen molar-refractivity contribution in [3.63, 3.8) is 0 Å². The summed E-state index contributed by atoms with van der Waals surface area (Å²) < 4.78 is 0. The fourth-order valence-electron chi connectivity index (χ4n) is 2.34. The Kier molecular flexibility index (Phi) is 2.34. The van der Waals surface area contributed by atoms with Gasteiger partial charge in [-0.3, -0.25) is 9.59 Å². The largest absolute Gasteiger partial charge is 0.333 e. The molecule has 1 saturated heterocycles. The van der Waals surface area contributed by atoms with Gasteiger partial charge in [0, 0.05) is 19.0 Å². The molecule has 0 aromatic carbocycles. The molecule has 1 saturated carbocycles. The predicted molar refractivity (Wildman–Crippen MR) is 48.2 cm³/mol. The Labute approximate surface area is 78.1 Å². The molecule has 13 heavy (non-hydrogen) atoms. The van der Waals surface area contributed by atoms with Crippen molar-refractivity contribution in [1.29, 1.82) is 0 Å². The predicted octanol–water partition coefficient (Wildman–Crippen LogP) is 1.12. The van der Waals surface area contributed by atoms with E-state index < -0.39 is 0 Å². The van der Waals surface area contributed by atoms with Crippen LogP contribution in [0.3, 0.4) is 0 Å². The van der Waals surface area contributed by atoms with Gasteiger partial charge in [-0.25, -0.2) is 0 Å². The Morgan fingerprint density at radius 2 is 1.77 bits per heavy atom. The van der Waals surface area contributed by atoms with Crippen LogP contribution in [-0.2, 0) is 9.59 Å². The summed E-state index contributed by atoms with van der Waals surface area (Å²) in [5.74, 6) is -0.406. The summed E-state index contributed by atoms with van der Waals surface area (Å²) in [6, 6.07) is 0.372. The number of rotatable bonds is 1. The highest BCUT2D eigenvalue weighted by Gasteiger charge is 2.32. The Hall–Kier alpha value is -0.860. The highest BCUT2D eigenvalue weighted by atomic mass is 16.2. The van der Waals surface area contributed by atoms with Gasteiger partial charge in [0.2, 0.25) is 5.78 Å². The molecule has 2 fully saturated rings. The van der Waals surface area contributed by atoms with Crippen LogP contribution in [-0.4, -0.2) is 29.2 Å². The maximum absolute atomic E-state index is 11.5. The molecule has 1 aliphatic heterocycles. The first-order chi connectivity index (χ1) is 6.29. The van der Waals surface area contributed by atoms with E-state index in [1.807, 2.05) is 0 Å². The normalized spacial score (nSPS) is 25.7. The van der Waals surface area contributed by atoms with E-state index in [2.05, 4.69) is 0 Å². The van der Waals surface area contributed by atoms with Gasteiger partial charge in [-0.15, -0.1) is 0 Å². The first-order valence-electron chi connectivity index (χ1n) is 5.13. The minimum atomic E-state index is -0.224. The smallest absolute Gasteiger partial charge is 0.290 e. The maximum Gasteiger partial charge on any atom is 0.290 e. The number of amides is 1. The number of ketones is 1. The van der Waals surface area contributed by atoms with E-state index in [1.54, 1.807) is 4.90 Å². The average Bonchev–Trinajstić information content (AvgIpc) is 2.62. The molecule has 1 amide bonds. The van der Waals surface area contributed by atoms with Crippen molar-refractivity contribution >= 4 is 11.7 Å². The van der Waals surface area contributed by atoms with Gasteiger partial charge >= 0.3 is 0 Å². The maximum atomic E-state index is 11.5. The zero-order chi connectivity index (χ0) is 9.26. The topological polar surface area (TPSA) is 37.4 Å². The van der Waals surface area contributed by atoms with Gasteiger partial charge in [-0.05, 0) is 19.3 Å². The number of likely N-dealkylation sites (tertiary alicyclic amines) is 1. The number of hydrogen-bond donors (Lipinski definition) is 0. The quantitative estimate of drug-likeness (QED) is 0.568. The van der Waals surface area contributed by atoms with E-state index >= 15 is 0 Å². The summed E-state index contributed by atoms with van der Waals surface area (Å²) in [5, 5.41) is 0. The number of carbonyl (C=O) groups excluding carboxylic acids is 2. The standard InChI is InChI=1S/C10H15NO2/c12-9-6-3-7-11(10(9)13)8-4-1-2-5-8/h8H,1-7H2. The molecule has 0 spiro atoms. The van der Waals surface area contributed by atoms with Crippen LogP contribution in [0.1, 0.15) is 38.5 Å². The van der Waals surface area contributed by atoms with E-state index in [4.69, 9.17) is 0 Å². The van der Waals surface area contributed by atoms with Crippen molar-refractivity contribution in [3.05, 3.63) is 0 Å². The van der Waals surface area contributed by atoms with Crippen molar-refractivity contribution in [1.82, 2.24) is 4.90 Å². The molecule has 3 heteroatoms. The van der Waals surface area contributed by atoms with Crippen molar-refractivity contribution in [3.8, 4) is 0 Å². The van der Waals surface area contributed by atoms with Crippen LogP contribution in [0.2, 0.25) is 0 Å². The second kappa shape index (κ2) is 3.48. The van der Waals surface area contributed by atoms with E-state index in [0.29, 0.717) is 12.5 Å². The van der Waals surface area contributed by atoms with Gasteiger partial charge in [-0.1, -0.05) is 12.8 Å². The molecule has 0 N–H and O–H groups in total. The Balaban J connectivity index is 2.04. The zero-order valence-corrected chi connectivity index (χ0v) is 7.79. The van der Waals surface area contributed by atoms with Gasteiger partial charge in [0.1, 0.15) is 0 Å². The lowest BCUT2D eigenvalue weighted by molar-refractivity contribution is -0.148. The third-order valence-electron chi connectivity index (χ3n) is 3.07. The van der Waals surface area contributed by atoms with Gasteiger partial charge in [0.25, 0.3) is 5.91 Å². The average molecular weight is 181 g/mol. The number of hydrogen-bond acceptors (Lipinski definition) is 2. The summed E-state index contributed by atoms with van der Waals surface area (Å²) in [5.41, 5.74) is 0. The Bertz CT molecular complexity index is 231. The molecule has 1 heterocycles. The third kappa shape index (κ3) is 1.60. The van der Waals surface area contributed by atoms with Crippen molar-refractivity contribution < 1.29 is 9.59 Å². The molecule has 1 aliphatic carbocycles. The molecular formula is C10H15NO2. The van der Waals surface area contributed by atoms with E-state index in [-0.39, 0.29) is 11.7 Å². The Morgan fingerprint density at radius 1 is 1.08 bits per heavy atom. The van der Waals surface area contributed by atoms with Crippen molar-refractivity contribution in [2.24, 2.45) is 0 Å². The fraction of sp³-hybridized carbons (Fsp3) is 0.800. The monoisotopic (exact) mass is 181 g/mol. The SMILES string of the molecule is O=C1CCCN(C2CCCC2)C1=O. The highest BCUT2D eigenvalue weighted by Crippen LogP contribution is 2.25. The van der Waals surface area contributed by atoms with Crippen molar-refractivity contribution in [2.45, 2.75) is 44.6 Å². The van der Waals surface area contributed by atoms with Gasteiger partial charge in [-0.2, -0.15) is 0 Å². The van der Waals surface area contributed by atoms with Crippen LogP contribution in [0.5, 0.6) is 0 Å². The van der Waals surface area contributed by atoms with Gasteiger partial charge in [0.15, 0.2) is 0 Å². The van der Waals surface area contributed by atoms with Crippen LogP contribution < -0.4 is 0 Å². The van der Waals surface area contributed by atoms with Gasteiger partial charge < -0.3 is 4.90 Å². The molecule has 3 nitrogen and oxygen atoms in total. The Morgan fingerprint density at radius 3 is 2.46 bits per heavy atom. The van der Waals surface area contributed by atoms with E-state index in [1.165, 1.54) is 12.8 Å². The summed E-state index contributed by atoms with van der Waals surface area (Å²) in [6.45, 7) is 0.801. The summed E-state index contributed by atoms with van der Waals surface area (Å²) in [7, 11) is 0. The minimum Gasteiger partial charge on any atom is -0.333 e. The number of Topliss-reactive ketones (excluding diaryl/α,β-unsaturated/α-hetero) is 1. The van der Waals surface area contributed by atoms with Crippen LogP contribution >= 0.6 is 0 Å². The van der Waals surface area contributed by atoms with Crippen LogP contribution in [0, 0.1) is 0 Å². The molecule has 72 valence electrons. The number of piperidine rings is 1. The second-order valence-corrected chi connectivity index (χ2v) is 3.96. The lowest BCUT2D eigenvalue weighted by Gasteiger charge is -2.31. The molecule has 2 aliphatic rings. The minimum absolute atomic E-state index is 0.182. The lowest BCUT2D eigenvalue weighted by Crippen LogP contribution is -2.46. The first-order valence-corrected chi connectivity index (χ1v) is 5.13. The van der Waals surface area contributed by atoms with E-state index in [0.717, 1.165) is 25.8 Å². The number of nitrogens with zero attached hydrogens (tertiary/aromatic N) is 1. The first kappa shape index (κ1) is 8.73. The molecular weight excluding hydrogens is 166 g/mol. The lowest BCUT2D eigenvalue weighted by atomic mass is 10.1. The molecule has 0 unspecified atom stereocenters. The second-order valence-electron chi connectivity index (χ2n) is 3.96. The van der Waals surface area contributed by atoms with Gasteiger partial charge in [0.05, 0.1) is 0 Å². The third-order valence-corrected chi connectivity index (χ3v) is 3.07. The molecule has 2 rings (SSSR count). The molecule has 0 aromatic rings. The molecule has 0 bridgehead atoms. The summed E-state index contributed by atoms with van der Waals surface area (Å²) in [6.07, 6.45) is 5.94. The summed E-state index contributed by atoms with van der Waals surface area (Å²) in [4.78, 5) is 24.5. The molecule has 0 radical (unpaired) electrons. The van der Waals surface area contributed by atoms with Crippen LogP contribution in [0.15, 0.2) is 0 Å². The zero-order valence-electron chi connectivity index (χ0n) is 7.79. The molecule has 0 aromatic heterocycles. The number of carbonyl (C=O) groups is 2. The molecule has 0 atom stereocenters. The van der Waals surface area contributed by atoms with Crippen LogP contribution in [0.25, 0.3) is 0 Å².